The van der Waals surface area contributed by atoms with Gasteiger partial charge in [0.2, 0.25) is 5.91 Å². The minimum Gasteiger partial charge on any atom is -0.325 e. The molecule has 1 N–H and O–H groups in total. The molecule has 1 fully saturated rings. The van der Waals surface area contributed by atoms with E-state index in [-0.39, 0.29) is 11.9 Å². The summed E-state index contributed by atoms with van der Waals surface area (Å²) in [6.07, 6.45) is 4.44. The van der Waals surface area contributed by atoms with Crippen LogP contribution in [0.1, 0.15) is 52.0 Å². The molecule has 0 saturated carbocycles. The summed E-state index contributed by atoms with van der Waals surface area (Å²) < 4.78 is 0. The largest absolute Gasteiger partial charge is 0.325 e. The lowest BCUT2D eigenvalue weighted by Gasteiger charge is -2.34. The summed E-state index contributed by atoms with van der Waals surface area (Å²) in [6.45, 7) is 11.6. The van der Waals surface area contributed by atoms with Crippen molar-refractivity contribution in [1.29, 1.82) is 0 Å². The van der Waals surface area contributed by atoms with Gasteiger partial charge in [0.1, 0.15) is 0 Å². The Balaban J connectivity index is 2.00. The van der Waals surface area contributed by atoms with E-state index in [0.29, 0.717) is 0 Å². The highest BCUT2D eigenvalue weighted by atomic mass is 16.2. The van der Waals surface area contributed by atoms with Crippen LogP contribution in [0.25, 0.3) is 0 Å². The van der Waals surface area contributed by atoms with Gasteiger partial charge in [0.05, 0.1) is 6.04 Å². The van der Waals surface area contributed by atoms with Crippen LogP contribution >= 0.6 is 0 Å². The molecule has 1 unspecified atom stereocenters. The zero-order valence-electron chi connectivity index (χ0n) is 15.6. The number of amides is 1. The molecule has 0 radical (unpaired) electrons. The fraction of sp³-hybridized carbons (Fsp3) is 0.650. The number of anilines is 1. The second kappa shape index (κ2) is 9.80. The number of hydrogen-bond donors (Lipinski definition) is 1. The molecule has 0 aliphatic carbocycles. The van der Waals surface area contributed by atoms with Crippen molar-refractivity contribution in [1.82, 2.24) is 9.80 Å². The SMILES string of the molecule is CCCN1CCCCC1C(=O)Nc1cccc(CN(CC)CC)c1. The van der Waals surface area contributed by atoms with Crippen LogP contribution in [0.4, 0.5) is 5.69 Å². The first-order valence-electron chi connectivity index (χ1n) is 9.54. The van der Waals surface area contributed by atoms with Crippen molar-refractivity contribution in [2.45, 2.75) is 59.0 Å². The maximum absolute atomic E-state index is 12.7. The number of nitrogens with zero attached hydrogens (tertiary/aromatic N) is 2. The molecule has 2 rings (SSSR count). The van der Waals surface area contributed by atoms with Crippen molar-refractivity contribution < 1.29 is 4.79 Å². The van der Waals surface area contributed by atoms with Gasteiger partial charge in [-0.1, -0.05) is 39.3 Å². The zero-order valence-corrected chi connectivity index (χ0v) is 15.6. The van der Waals surface area contributed by atoms with E-state index in [1.165, 1.54) is 12.0 Å². The van der Waals surface area contributed by atoms with Gasteiger partial charge in [-0.15, -0.1) is 0 Å². The zero-order chi connectivity index (χ0) is 17.4. The van der Waals surface area contributed by atoms with Crippen LogP contribution in [-0.2, 0) is 11.3 Å². The Hall–Kier alpha value is -1.39. The van der Waals surface area contributed by atoms with E-state index >= 15 is 0 Å². The average molecular weight is 332 g/mol. The Labute approximate surface area is 147 Å². The van der Waals surface area contributed by atoms with Crippen molar-refractivity contribution in [3.8, 4) is 0 Å². The van der Waals surface area contributed by atoms with Gasteiger partial charge in [-0.2, -0.15) is 0 Å². The Bertz CT molecular complexity index is 511. The minimum absolute atomic E-state index is 0.0325. The van der Waals surface area contributed by atoms with E-state index in [9.17, 15) is 4.79 Å². The predicted octanol–water partition coefficient (Wildman–Crippen LogP) is 3.73. The second-order valence-corrected chi connectivity index (χ2v) is 6.70. The molecule has 1 aromatic carbocycles. The molecule has 1 aromatic rings. The summed E-state index contributed by atoms with van der Waals surface area (Å²) in [7, 11) is 0. The van der Waals surface area contributed by atoms with Gasteiger partial charge >= 0.3 is 0 Å². The Morgan fingerprint density at radius 2 is 2.04 bits per heavy atom. The van der Waals surface area contributed by atoms with Gasteiger partial charge in [-0.25, -0.2) is 0 Å². The number of hydrogen-bond acceptors (Lipinski definition) is 3. The van der Waals surface area contributed by atoms with Crippen molar-refractivity contribution in [3.63, 3.8) is 0 Å². The first-order chi connectivity index (χ1) is 11.7. The van der Waals surface area contributed by atoms with Crippen LogP contribution in [0, 0.1) is 0 Å². The van der Waals surface area contributed by atoms with Gasteiger partial charge in [0.25, 0.3) is 0 Å². The molecule has 1 amide bonds. The molecule has 24 heavy (non-hydrogen) atoms. The fourth-order valence-electron chi connectivity index (χ4n) is 3.52. The van der Waals surface area contributed by atoms with E-state index in [0.717, 1.165) is 57.7 Å². The smallest absolute Gasteiger partial charge is 0.241 e. The van der Waals surface area contributed by atoms with Gasteiger partial charge in [0, 0.05) is 12.2 Å². The van der Waals surface area contributed by atoms with Crippen LogP contribution in [0.15, 0.2) is 24.3 Å². The fourth-order valence-corrected chi connectivity index (χ4v) is 3.52. The molecule has 1 heterocycles. The molecular formula is C20H33N3O. The van der Waals surface area contributed by atoms with Crippen LogP contribution < -0.4 is 5.32 Å². The van der Waals surface area contributed by atoms with Gasteiger partial charge in [0.15, 0.2) is 0 Å². The first kappa shape index (κ1) is 18.9. The summed E-state index contributed by atoms with van der Waals surface area (Å²) in [5, 5.41) is 3.15. The second-order valence-electron chi connectivity index (χ2n) is 6.70. The lowest BCUT2D eigenvalue weighted by Crippen LogP contribution is -2.47. The molecule has 0 aromatic heterocycles. The summed E-state index contributed by atoms with van der Waals surface area (Å²) >= 11 is 0. The summed E-state index contributed by atoms with van der Waals surface area (Å²) in [6, 6.07) is 8.32. The third kappa shape index (κ3) is 5.32. The summed E-state index contributed by atoms with van der Waals surface area (Å²) in [5.41, 5.74) is 2.18. The number of carbonyl (C=O) groups excluding carboxylic acids is 1. The van der Waals surface area contributed by atoms with Crippen LogP contribution in [0.5, 0.6) is 0 Å². The maximum atomic E-state index is 12.7. The van der Waals surface area contributed by atoms with Crippen LogP contribution in [-0.4, -0.2) is 47.9 Å². The number of nitrogens with one attached hydrogen (secondary N) is 1. The Morgan fingerprint density at radius 1 is 1.25 bits per heavy atom. The van der Waals surface area contributed by atoms with E-state index in [1.54, 1.807) is 0 Å². The summed E-state index contributed by atoms with van der Waals surface area (Å²) in [4.78, 5) is 17.5. The quantitative estimate of drug-likeness (QED) is 0.788. The Kier molecular flexibility index (Phi) is 7.73. The predicted molar refractivity (Wildman–Crippen MR) is 101 cm³/mol. The molecule has 0 bridgehead atoms. The molecular weight excluding hydrogens is 298 g/mol. The molecule has 1 aliphatic rings. The lowest BCUT2D eigenvalue weighted by atomic mass is 10.0. The van der Waals surface area contributed by atoms with Crippen molar-refractivity contribution in [2.75, 3.05) is 31.5 Å². The maximum Gasteiger partial charge on any atom is 0.241 e. The molecule has 1 aliphatic heterocycles. The van der Waals surface area contributed by atoms with Crippen molar-refractivity contribution in [3.05, 3.63) is 29.8 Å². The highest BCUT2D eigenvalue weighted by molar-refractivity contribution is 5.94. The van der Waals surface area contributed by atoms with E-state index in [4.69, 9.17) is 0 Å². The number of carbonyl (C=O) groups is 1. The molecule has 1 atom stereocenters. The standard InChI is InChI=1S/C20H33N3O/c1-4-13-23-14-8-7-12-19(23)20(24)21-18-11-9-10-17(15-18)16-22(5-2)6-3/h9-11,15,19H,4-8,12-14,16H2,1-3H3,(H,21,24). The molecule has 1 saturated heterocycles. The lowest BCUT2D eigenvalue weighted by molar-refractivity contribution is -0.122. The minimum atomic E-state index is 0.0325. The third-order valence-electron chi connectivity index (χ3n) is 4.92. The van der Waals surface area contributed by atoms with Crippen LogP contribution in [0.2, 0.25) is 0 Å². The van der Waals surface area contributed by atoms with E-state index in [1.807, 2.05) is 12.1 Å². The van der Waals surface area contributed by atoms with Crippen molar-refractivity contribution >= 4 is 11.6 Å². The first-order valence-corrected chi connectivity index (χ1v) is 9.54. The molecule has 4 nitrogen and oxygen atoms in total. The summed E-state index contributed by atoms with van der Waals surface area (Å²) in [5.74, 6) is 0.156. The molecule has 0 spiro atoms. The number of rotatable bonds is 8. The monoisotopic (exact) mass is 331 g/mol. The van der Waals surface area contributed by atoms with Crippen molar-refractivity contribution in [2.24, 2.45) is 0 Å². The number of piperidine rings is 1. The average Bonchev–Trinajstić information content (AvgIpc) is 2.60. The van der Waals surface area contributed by atoms with E-state index < -0.39 is 0 Å². The van der Waals surface area contributed by atoms with E-state index in [2.05, 4.69) is 48.0 Å². The molecule has 134 valence electrons. The van der Waals surface area contributed by atoms with Crippen LogP contribution in [0.3, 0.4) is 0 Å². The normalized spacial score (nSPS) is 18.8. The topological polar surface area (TPSA) is 35.6 Å². The Morgan fingerprint density at radius 3 is 2.75 bits per heavy atom. The highest BCUT2D eigenvalue weighted by Crippen LogP contribution is 2.20. The number of benzene rings is 1. The highest BCUT2D eigenvalue weighted by Gasteiger charge is 2.27. The molecule has 4 heteroatoms. The van der Waals surface area contributed by atoms with Gasteiger partial charge in [-0.05, 0) is 63.1 Å². The number of likely N-dealkylation sites (tertiary alicyclic amines) is 1. The third-order valence-corrected chi connectivity index (χ3v) is 4.92. The van der Waals surface area contributed by atoms with Gasteiger partial charge in [-0.3, -0.25) is 14.6 Å². The van der Waals surface area contributed by atoms with Gasteiger partial charge < -0.3 is 5.32 Å².